The number of aromatic nitrogens is 2. The number of carbonyl (C=O) groups is 1. The number of pyridine rings is 2. The van der Waals surface area contributed by atoms with E-state index in [1.807, 2.05) is 0 Å². The average Bonchev–Trinajstić information content (AvgIpc) is 2.49. The molecule has 0 bridgehead atoms. The molecule has 0 aliphatic rings. The fourth-order valence-electron chi connectivity index (χ4n) is 1.55. The average molecular weight is 295 g/mol. The van der Waals surface area contributed by atoms with Crippen LogP contribution in [0.4, 0.5) is 14.6 Å². The van der Waals surface area contributed by atoms with Crippen molar-refractivity contribution >= 4 is 11.7 Å². The van der Waals surface area contributed by atoms with Crippen molar-refractivity contribution in [1.29, 1.82) is 0 Å². The molecule has 2 aromatic heterocycles. The molecule has 110 valence electrons. The van der Waals surface area contributed by atoms with E-state index in [0.29, 0.717) is 6.07 Å². The number of anilines is 1. The Labute approximate surface area is 118 Å². The minimum atomic E-state index is -0.983. The van der Waals surface area contributed by atoms with Gasteiger partial charge in [0.25, 0.3) is 5.91 Å². The molecular formula is C13H11F2N3O3. The van der Waals surface area contributed by atoms with Crippen LogP contribution in [0.3, 0.4) is 0 Å². The SMILES string of the molecule is COc1ccc(C(=O)Nc2ncc(F)cc2F)c(OC)n1. The van der Waals surface area contributed by atoms with Crippen molar-refractivity contribution in [1.82, 2.24) is 9.97 Å². The third-order valence-corrected chi connectivity index (χ3v) is 2.52. The first kappa shape index (κ1) is 14.6. The fraction of sp³-hybridized carbons (Fsp3) is 0.154. The quantitative estimate of drug-likeness (QED) is 0.934. The standard InChI is InChI=1S/C13H11F2N3O3/c1-20-10-4-3-8(13(17-10)21-2)12(19)18-11-9(15)5-7(14)6-16-11/h3-6H,1-2H3,(H,16,18,19). The van der Waals surface area contributed by atoms with Gasteiger partial charge in [-0.2, -0.15) is 4.98 Å². The highest BCUT2D eigenvalue weighted by molar-refractivity contribution is 6.05. The Bertz CT molecular complexity index is 680. The Kier molecular flexibility index (Phi) is 4.27. The van der Waals surface area contributed by atoms with E-state index < -0.39 is 17.5 Å². The smallest absolute Gasteiger partial charge is 0.262 e. The van der Waals surface area contributed by atoms with Crippen LogP contribution < -0.4 is 14.8 Å². The number of methoxy groups -OCH3 is 2. The van der Waals surface area contributed by atoms with Crippen molar-refractivity contribution in [3.05, 3.63) is 41.6 Å². The van der Waals surface area contributed by atoms with E-state index in [0.717, 1.165) is 6.20 Å². The lowest BCUT2D eigenvalue weighted by Gasteiger charge is -2.09. The van der Waals surface area contributed by atoms with E-state index in [-0.39, 0.29) is 23.1 Å². The molecule has 0 aliphatic carbocycles. The van der Waals surface area contributed by atoms with Crippen molar-refractivity contribution in [2.75, 3.05) is 19.5 Å². The maximum atomic E-state index is 13.4. The molecule has 0 spiro atoms. The summed E-state index contributed by atoms with van der Waals surface area (Å²) in [5, 5.41) is 2.21. The molecule has 0 unspecified atom stereocenters. The van der Waals surface area contributed by atoms with Crippen molar-refractivity contribution in [2.45, 2.75) is 0 Å². The first-order chi connectivity index (χ1) is 10.0. The lowest BCUT2D eigenvalue weighted by Crippen LogP contribution is -2.16. The first-order valence-corrected chi connectivity index (χ1v) is 5.76. The van der Waals surface area contributed by atoms with Gasteiger partial charge in [-0.3, -0.25) is 4.79 Å². The van der Waals surface area contributed by atoms with E-state index in [1.54, 1.807) is 0 Å². The van der Waals surface area contributed by atoms with Crippen LogP contribution in [-0.2, 0) is 0 Å². The number of amides is 1. The summed E-state index contributed by atoms with van der Waals surface area (Å²) in [5.74, 6) is -2.64. The molecule has 1 amide bonds. The van der Waals surface area contributed by atoms with Gasteiger partial charge < -0.3 is 14.8 Å². The lowest BCUT2D eigenvalue weighted by molar-refractivity contribution is 0.102. The number of ether oxygens (including phenoxy) is 2. The van der Waals surface area contributed by atoms with Gasteiger partial charge >= 0.3 is 0 Å². The van der Waals surface area contributed by atoms with Crippen molar-refractivity contribution in [2.24, 2.45) is 0 Å². The normalized spacial score (nSPS) is 10.1. The van der Waals surface area contributed by atoms with Crippen LogP contribution in [0, 0.1) is 11.6 Å². The monoisotopic (exact) mass is 295 g/mol. The van der Waals surface area contributed by atoms with Crippen LogP contribution in [0.1, 0.15) is 10.4 Å². The number of carbonyl (C=O) groups excluding carboxylic acids is 1. The molecule has 0 radical (unpaired) electrons. The maximum absolute atomic E-state index is 13.4. The predicted molar refractivity (Wildman–Crippen MR) is 69.4 cm³/mol. The number of nitrogens with zero attached hydrogens (tertiary/aromatic N) is 2. The molecule has 0 aromatic carbocycles. The topological polar surface area (TPSA) is 73.3 Å². The summed E-state index contributed by atoms with van der Waals surface area (Å²) in [7, 11) is 2.74. The molecule has 0 atom stereocenters. The molecule has 0 saturated heterocycles. The molecule has 1 N–H and O–H groups in total. The summed E-state index contributed by atoms with van der Waals surface area (Å²) in [4.78, 5) is 19.5. The maximum Gasteiger partial charge on any atom is 0.262 e. The van der Waals surface area contributed by atoms with E-state index in [9.17, 15) is 13.6 Å². The van der Waals surface area contributed by atoms with Crippen LogP contribution in [0.15, 0.2) is 24.4 Å². The lowest BCUT2D eigenvalue weighted by atomic mass is 10.2. The van der Waals surface area contributed by atoms with Crippen LogP contribution in [0.2, 0.25) is 0 Å². The molecule has 21 heavy (non-hydrogen) atoms. The van der Waals surface area contributed by atoms with E-state index in [2.05, 4.69) is 15.3 Å². The Balaban J connectivity index is 2.28. The summed E-state index contributed by atoms with van der Waals surface area (Å²) < 4.78 is 36.1. The van der Waals surface area contributed by atoms with E-state index >= 15 is 0 Å². The van der Waals surface area contributed by atoms with Crippen molar-refractivity contribution in [3.63, 3.8) is 0 Å². The van der Waals surface area contributed by atoms with Gasteiger partial charge in [-0.1, -0.05) is 0 Å². The third kappa shape index (κ3) is 3.22. The van der Waals surface area contributed by atoms with Gasteiger partial charge in [0.05, 0.1) is 20.4 Å². The number of halogens is 2. The molecule has 2 aromatic rings. The van der Waals surface area contributed by atoms with Crippen LogP contribution in [0.5, 0.6) is 11.8 Å². The van der Waals surface area contributed by atoms with Crippen molar-refractivity contribution in [3.8, 4) is 11.8 Å². The molecule has 0 fully saturated rings. The molecule has 2 heterocycles. The number of rotatable bonds is 4. The summed E-state index contributed by atoms with van der Waals surface area (Å²) in [5.41, 5.74) is 0.0591. The largest absolute Gasteiger partial charge is 0.481 e. The van der Waals surface area contributed by atoms with E-state index in [4.69, 9.17) is 9.47 Å². The summed E-state index contributed by atoms with van der Waals surface area (Å²) in [6, 6.07) is 3.47. The van der Waals surface area contributed by atoms with Gasteiger partial charge in [-0.25, -0.2) is 13.8 Å². The summed E-state index contributed by atoms with van der Waals surface area (Å²) in [6.45, 7) is 0. The second kappa shape index (κ2) is 6.12. The molecule has 2 rings (SSSR count). The molecule has 8 heteroatoms. The zero-order valence-electron chi connectivity index (χ0n) is 11.2. The fourth-order valence-corrected chi connectivity index (χ4v) is 1.55. The highest BCUT2D eigenvalue weighted by atomic mass is 19.1. The number of hydrogen-bond donors (Lipinski definition) is 1. The molecular weight excluding hydrogens is 284 g/mol. The summed E-state index contributed by atoms with van der Waals surface area (Å²) >= 11 is 0. The number of nitrogens with one attached hydrogen (secondary N) is 1. The molecule has 0 aliphatic heterocycles. The zero-order valence-corrected chi connectivity index (χ0v) is 11.2. The Hall–Kier alpha value is -2.77. The highest BCUT2D eigenvalue weighted by Gasteiger charge is 2.17. The Morgan fingerprint density at radius 3 is 2.62 bits per heavy atom. The van der Waals surface area contributed by atoms with Crippen LogP contribution >= 0.6 is 0 Å². The molecule has 0 saturated carbocycles. The van der Waals surface area contributed by atoms with Crippen LogP contribution in [0.25, 0.3) is 0 Å². The van der Waals surface area contributed by atoms with Gasteiger partial charge in [-0.05, 0) is 6.07 Å². The van der Waals surface area contributed by atoms with Gasteiger partial charge in [0.2, 0.25) is 11.8 Å². The van der Waals surface area contributed by atoms with Gasteiger partial charge in [0.1, 0.15) is 11.4 Å². The van der Waals surface area contributed by atoms with E-state index in [1.165, 1.54) is 26.4 Å². The Morgan fingerprint density at radius 1 is 1.24 bits per heavy atom. The number of hydrogen-bond acceptors (Lipinski definition) is 5. The second-order valence-electron chi connectivity index (χ2n) is 3.85. The zero-order chi connectivity index (χ0) is 15.4. The van der Waals surface area contributed by atoms with Gasteiger partial charge in [-0.15, -0.1) is 0 Å². The highest BCUT2D eigenvalue weighted by Crippen LogP contribution is 2.21. The second-order valence-corrected chi connectivity index (χ2v) is 3.85. The first-order valence-electron chi connectivity index (χ1n) is 5.76. The Morgan fingerprint density at radius 2 is 2.00 bits per heavy atom. The minimum Gasteiger partial charge on any atom is -0.481 e. The predicted octanol–water partition coefficient (Wildman–Crippen LogP) is 2.02. The van der Waals surface area contributed by atoms with Gasteiger partial charge in [0.15, 0.2) is 11.6 Å². The third-order valence-electron chi connectivity index (χ3n) is 2.52. The molecule has 6 nitrogen and oxygen atoms in total. The van der Waals surface area contributed by atoms with Crippen LogP contribution in [-0.4, -0.2) is 30.1 Å². The summed E-state index contributed by atoms with van der Waals surface area (Å²) in [6.07, 6.45) is 0.794. The minimum absolute atomic E-state index is 0.00868. The van der Waals surface area contributed by atoms with Crippen molar-refractivity contribution < 1.29 is 23.0 Å². The van der Waals surface area contributed by atoms with Gasteiger partial charge in [0, 0.05) is 12.1 Å².